The molecule has 1 fully saturated rings. The summed E-state index contributed by atoms with van der Waals surface area (Å²) in [6.45, 7) is 2.42. The maximum absolute atomic E-state index is 12.9. The van der Waals surface area contributed by atoms with E-state index in [0.717, 1.165) is 5.56 Å². The van der Waals surface area contributed by atoms with Crippen molar-refractivity contribution in [1.82, 2.24) is 4.31 Å². The minimum absolute atomic E-state index is 0.00506. The molecule has 4 nitrogen and oxygen atoms in total. The third kappa shape index (κ3) is 3.02. The van der Waals surface area contributed by atoms with Crippen molar-refractivity contribution < 1.29 is 8.42 Å². The van der Waals surface area contributed by atoms with Gasteiger partial charge in [0.15, 0.2) is 0 Å². The number of rotatable bonds is 3. The summed E-state index contributed by atoms with van der Waals surface area (Å²) in [6, 6.07) is 14.5. The zero-order chi connectivity index (χ0) is 16.6. The largest absolute Gasteiger partial charge is 0.326 e. The molecule has 0 unspecified atom stereocenters. The van der Waals surface area contributed by atoms with Crippen molar-refractivity contribution in [3.8, 4) is 0 Å². The Hall–Kier alpha value is -1.40. The van der Waals surface area contributed by atoms with Crippen LogP contribution in [0.4, 0.5) is 0 Å². The van der Waals surface area contributed by atoms with E-state index in [2.05, 4.69) is 0 Å². The molecule has 0 radical (unpaired) electrons. The molecule has 2 aromatic carbocycles. The highest BCUT2D eigenvalue weighted by atomic mass is 35.5. The van der Waals surface area contributed by atoms with Gasteiger partial charge >= 0.3 is 0 Å². The SMILES string of the molecule is Cc1c(Cl)cccc1S(=O)(=O)N1C[C@@H](N)[C@H](c2ccccc2)C1. The molecule has 1 aliphatic heterocycles. The van der Waals surface area contributed by atoms with Crippen LogP contribution >= 0.6 is 11.6 Å². The van der Waals surface area contributed by atoms with E-state index in [1.807, 2.05) is 30.3 Å². The molecule has 2 N–H and O–H groups in total. The average molecular weight is 351 g/mol. The fourth-order valence-corrected chi connectivity index (χ4v) is 5.03. The second-order valence-electron chi connectivity index (χ2n) is 5.87. The zero-order valence-corrected chi connectivity index (χ0v) is 14.4. The van der Waals surface area contributed by atoms with Crippen LogP contribution < -0.4 is 5.73 Å². The van der Waals surface area contributed by atoms with Gasteiger partial charge in [0.25, 0.3) is 0 Å². The molecule has 0 saturated carbocycles. The van der Waals surface area contributed by atoms with Crippen molar-refractivity contribution in [2.24, 2.45) is 5.73 Å². The van der Waals surface area contributed by atoms with E-state index in [9.17, 15) is 8.42 Å². The number of sulfonamides is 1. The van der Waals surface area contributed by atoms with Gasteiger partial charge in [-0.1, -0.05) is 48.0 Å². The Balaban J connectivity index is 1.92. The second-order valence-corrected chi connectivity index (χ2v) is 8.18. The number of nitrogens with two attached hydrogens (primary N) is 1. The molecule has 1 heterocycles. The van der Waals surface area contributed by atoms with Crippen molar-refractivity contribution in [3.05, 3.63) is 64.7 Å². The zero-order valence-electron chi connectivity index (χ0n) is 12.8. The molecule has 2 aromatic rings. The van der Waals surface area contributed by atoms with Crippen LogP contribution in [0.25, 0.3) is 0 Å². The van der Waals surface area contributed by atoms with E-state index in [1.54, 1.807) is 25.1 Å². The fraction of sp³-hybridized carbons (Fsp3) is 0.294. The molecular weight excluding hydrogens is 332 g/mol. The molecule has 0 aromatic heterocycles. The minimum atomic E-state index is -3.60. The highest BCUT2D eigenvalue weighted by Gasteiger charge is 2.38. The Morgan fingerprint density at radius 3 is 2.48 bits per heavy atom. The molecule has 0 spiro atoms. The lowest BCUT2D eigenvalue weighted by atomic mass is 9.95. The number of nitrogens with zero attached hydrogens (tertiary/aromatic N) is 1. The van der Waals surface area contributed by atoms with Crippen LogP contribution in [0.5, 0.6) is 0 Å². The van der Waals surface area contributed by atoms with Crippen LogP contribution in [-0.4, -0.2) is 31.9 Å². The molecule has 23 heavy (non-hydrogen) atoms. The Bertz CT molecular complexity index is 809. The smallest absolute Gasteiger partial charge is 0.243 e. The van der Waals surface area contributed by atoms with Gasteiger partial charge in [-0.2, -0.15) is 4.31 Å². The third-order valence-electron chi connectivity index (χ3n) is 4.40. The Morgan fingerprint density at radius 1 is 1.09 bits per heavy atom. The Labute approximate surface area is 141 Å². The molecule has 0 aliphatic carbocycles. The first-order valence-electron chi connectivity index (χ1n) is 7.47. The summed E-state index contributed by atoms with van der Waals surface area (Å²) in [5.41, 5.74) is 7.86. The summed E-state index contributed by atoms with van der Waals surface area (Å²) in [6.07, 6.45) is 0. The van der Waals surface area contributed by atoms with Crippen molar-refractivity contribution in [1.29, 1.82) is 0 Å². The molecule has 0 bridgehead atoms. The number of hydrogen-bond acceptors (Lipinski definition) is 3. The summed E-state index contributed by atoms with van der Waals surface area (Å²) in [5.74, 6) is 0.00506. The number of benzene rings is 2. The van der Waals surface area contributed by atoms with Crippen LogP contribution in [0.3, 0.4) is 0 Å². The molecule has 1 aliphatic rings. The summed E-state index contributed by atoms with van der Waals surface area (Å²) >= 11 is 6.07. The van der Waals surface area contributed by atoms with E-state index in [-0.39, 0.29) is 16.9 Å². The molecule has 122 valence electrons. The van der Waals surface area contributed by atoms with Gasteiger partial charge in [0.05, 0.1) is 4.90 Å². The van der Waals surface area contributed by atoms with Crippen LogP contribution in [0.2, 0.25) is 5.02 Å². The van der Waals surface area contributed by atoms with Crippen LogP contribution in [0.15, 0.2) is 53.4 Å². The van der Waals surface area contributed by atoms with E-state index >= 15 is 0 Å². The van der Waals surface area contributed by atoms with Crippen molar-refractivity contribution in [2.45, 2.75) is 23.8 Å². The van der Waals surface area contributed by atoms with Crippen LogP contribution in [-0.2, 0) is 10.0 Å². The van der Waals surface area contributed by atoms with Gasteiger partial charge in [0, 0.05) is 30.1 Å². The lowest BCUT2D eigenvalue weighted by molar-refractivity contribution is 0.469. The summed E-state index contributed by atoms with van der Waals surface area (Å²) in [4.78, 5) is 0.255. The second kappa shape index (κ2) is 6.24. The van der Waals surface area contributed by atoms with Gasteiger partial charge in [-0.3, -0.25) is 0 Å². The topological polar surface area (TPSA) is 63.4 Å². The number of hydrogen-bond donors (Lipinski definition) is 1. The van der Waals surface area contributed by atoms with Crippen molar-refractivity contribution in [2.75, 3.05) is 13.1 Å². The lowest BCUT2D eigenvalue weighted by Crippen LogP contribution is -2.32. The highest BCUT2D eigenvalue weighted by molar-refractivity contribution is 7.89. The molecule has 1 saturated heterocycles. The van der Waals surface area contributed by atoms with E-state index < -0.39 is 10.0 Å². The normalized spacial score (nSPS) is 22.4. The van der Waals surface area contributed by atoms with E-state index in [4.69, 9.17) is 17.3 Å². The lowest BCUT2D eigenvalue weighted by Gasteiger charge is -2.18. The van der Waals surface area contributed by atoms with Gasteiger partial charge in [0.2, 0.25) is 10.0 Å². The maximum atomic E-state index is 12.9. The van der Waals surface area contributed by atoms with Crippen molar-refractivity contribution in [3.63, 3.8) is 0 Å². The maximum Gasteiger partial charge on any atom is 0.243 e. The molecular formula is C17H19ClN2O2S. The Kier molecular flexibility index (Phi) is 4.47. The van der Waals surface area contributed by atoms with Crippen molar-refractivity contribution >= 4 is 21.6 Å². The minimum Gasteiger partial charge on any atom is -0.326 e. The van der Waals surface area contributed by atoms with Crippen LogP contribution in [0, 0.1) is 6.92 Å². The van der Waals surface area contributed by atoms with Gasteiger partial charge in [0.1, 0.15) is 0 Å². The predicted molar refractivity (Wildman–Crippen MR) is 92.1 cm³/mol. The molecule has 3 rings (SSSR count). The quantitative estimate of drug-likeness (QED) is 0.925. The first-order chi connectivity index (χ1) is 10.9. The molecule has 2 atom stereocenters. The van der Waals surface area contributed by atoms with Gasteiger partial charge in [-0.05, 0) is 30.2 Å². The van der Waals surface area contributed by atoms with E-state index in [0.29, 0.717) is 23.7 Å². The fourth-order valence-electron chi connectivity index (χ4n) is 3.05. The molecule has 0 amide bonds. The predicted octanol–water partition coefficient (Wildman–Crippen LogP) is 2.76. The Morgan fingerprint density at radius 2 is 1.78 bits per heavy atom. The summed E-state index contributed by atoms with van der Waals surface area (Å²) < 4.78 is 27.3. The highest BCUT2D eigenvalue weighted by Crippen LogP contribution is 2.32. The first kappa shape index (κ1) is 16.5. The standard InChI is InChI=1S/C17H19ClN2O2S/c1-12-15(18)8-5-9-17(12)23(21,22)20-10-14(16(19)11-20)13-6-3-2-4-7-13/h2-9,14,16H,10-11,19H2,1H3/t14-,16+/m0/s1. The molecule has 6 heteroatoms. The number of halogens is 1. The first-order valence-corrected chi connectivity index (χ1v) is 9.29. The summed E-state index contributed by atoms with van der Waals surface area (Å²) in [5, 5.41) is 0.453. The van der Waals surface area contributed by atoms with E-state index in [1.165, 1.54) is 4.31 Å². The van der Waals surface area contributed by atoms with Gasteiger partial charge in [-0.15, -0.1) is 0 Å². The van der Waals surface area contributed by atoms with Crippen LogP contribution in [0.1, 0.15) is 17.0 Å². The monoisotopic (exact) mass is 350 g/mol. The third-order valence-corrected chi connectivity index (χ3v) is 6.78. The average Bonchev–Trinajstić information content (AvgIpc) is 2.93. The van der Waals surface area contributed by atoms with Gasteiger partial charge in [-0.25, -0.2) is 8.42 Å². The summed E-state index contributed by atoms with van der Waals surface area (Å²) in [7, 11) is -3.60. The van der Waals surface area contributed by atoms with Gasteiger partial charge < -0.3 is 5.73 Å².